The third-order valence-corrected chi connectivity index (χ3v) is 10.8. The summed E-state index contributed by atoms with van der Waals surface area (Å²) in [7, 11) is 0. The van der Waals surface area contributed by atoms with Crippen LogP contribution >= 0.6 is 0 Å². The maximum Gasteiger partial charge on any atom is 0.145 e. The molecule has 0 radical (unpaired) electrons. The van der Waals surface area contributed by atoms with Crippen LogP contribution in [0.25, 0.3) is 71.7 Å². The van der Waals surface area contributed by atoms with Crippen LogP contribution in [0.3, 0.4) is 0 Å². The van der Waals surface area contributed by atoms with Gasteiger partial charge in [-0.3, -0.25) is 0 Å². The first-order valence-electron chi connectivity index (χ1n) is 18.6. The van der Waals surface area contributed by atoms with Crippen molar-refractivity contribution in [1.29, 1.82) is 0 Å². The molecule has 0 atom stereocenters. The van der Waals surface area contributed by atoms with Gasteiger partial charge in [0.25, 0.3) is 0 Å². The molecule has 3 heteroatoms. The molecule has 0 fully saturated rings. The first kappa shape index (κ1) is 31.9. The number of fused-ring (bicyclic) bond motifs is 6. The molecule has 8 aromatic carbocycles. The monoisotopic (exact) mass is 694 g/mol. The molecule has 0 N–H and O–H groups in total. The lowest BCUT2D eigenvalue weighted by Gasteiger charge is -2.30. The lowest BCUT2D eigenvalue weighted by atomic mass is 9.95. The van der Waals surface area contributed by atoms with Crippen LogP contribution in [0, 0.1) is 20.8 Å². The highest BCUT2D eigenvalue weighted by atomic mass is 16.3. The third-order valence-electron chi connectivity index (χ3n) is 10.8. The summed E-state index contributed by atoms with van der Waals surface area (Å²) in [6, 6.07) is 63.3. The summed E-state index contributed by atoms with van der Waals surface area (Å²) < 4.78 is 9.38. The predicted molar refractivity (Wildman–Crippen MR) is 228 cm³/mol. The number of para-hydroxylation sites is 4. The van der Waals surface area contributed by atoms with E-state index in [-0.39, 0.29) is 0 Å². The van der Waals surface area contributed by atoms with Crippen LogP contribution < -0.4 is 4.90 Å². The largest absolute Gasteiger partial charge is 0.455 e. The number of hydrogen-bond acceptors (Lipinski definition) is 2. The zero-order valence-corrected chi connectivity index (χ0v) is 30.5. The Hall–Kier alpha value is -6.84. The molecular formula is C51H38N2O. The number of aryl methyl sites for hydroxylation is 3. The zero-order chi connectivity index (χ0) is 36.3. The normalized spacial score (nSPS) is 11.6. The number of nitrogens with zero attached hydrogens (tertiary/aromatic N) is 2. The van der Waals surface area contributed by atoms with Gasteiger partial charge in [-0.25, -0.2) is 0 Å². The fourth-order valence-electron chi connectivity index (χ4n) is 8.55. The summed E-state index contributed by atoms with van der Waals surface area (Å²) in [6.07, 6.45) is 0. The van der Waals surface area contributed by atoms with Gasteiger partial charge in [-0.05, 0) is 109 Å². The fraction of sp³-hybridized carbons (Fsp3) is 0.0588. The summed E-state index contributed by atoms with van der Waals surface area (Å²) in [6.45, 7) is 6.63. The fourth-order valence-corrected chi connectivity index (χ4v) is 8.55. The van der Waals surface area contributed by atoms with E-state index in [1.165, 1.54) is 55.3 Å². The van der Waals surface area contributed by atoms with Gasteiger partial charge in [-0.15, -0.1) is 0 Å². The van der Waals surface area contributed by atoms with Crippen LogP contribution in [0.5, 0.6) is 0 Å². The van der Waals surface area contributed by atoms with E-state index in [2.05, 4.69) is 206 Å². The minimum Gasteiger partial charge on any atom is -0.455 e. The van der Waals surface area contributed by atoms with E-state index in [9.17, 15) is 0 Å². The zero-order valence-electron chi connectivity index (χ0n) is 30.5. The highest BCUT2D eigenvalue weighted by Crippen LogP contribution is 2.49. The van der Waals surface area contributed by atoms with Crippen LogP contribution in [0.4, 0.5) is 17.1 Å². The van der Waals surface area contributed by atoms with Crippen molar-refractivity contribution in [1.82, 2.24) is 4.57 Å². The molecule has 0 bridgehead atoms. The van der Waals surface area contributed by atoms with E-state index in [0.717, 1.165) is 50.1 Å². The number of furan rings is 1. The molecule has 0 saturated carbocycles. The van der Waals surface area contributed by atoms with Crippen LogP contribution in [-0.2, 0) is 0 Å². The minimum absolute atomic E-state index is 0.868. The topological polar surface area (TPSA) is 21.3 Å². The van der Waals surface area contributed by atoms with Gasteiger partial charge in [0.2, 0.25) is 0 Å². The minimum atomic E-state index is 0.868. The van der Waals surface area contributed by atoms with Crippen LogP contribution in [0.2, 0.25) is 0 Å². The molecule has 0 aliphatic rings. The Morgan fingerprint density at radius 1 is 0.481 bits per heavy atom. The third kappa shape index (κ3) is 5.04. The van der Waals surface area contributed by atoms with Crippen LogP contribution in [0.15, 0.2) is 180 Å². The molecule has 0 aliphatic heterocycles. The average molecular weight is 695 g/mol. The Balaban J connectivity index is 1.26. The number of aromatic nitrogens is 1. The van der Waals surface area contributed by atoms with E-state index in [1.54, 1.807) is 0 Å². The number of hydrogen-bond donors (Lipinski definition) is 0. The molecule has 0 saturated heterocycles. The summed E-state index contributed by atoms with van der Waals surface area (Å²) in [5.41, 5.74) is 16.8. The Morgan fingerprint density at radius 3 is 1.83 bits per heavy atom. The van der Waals surface area contributed by atoms with E-state index in [1.807, 2.05) is 0 Å². The molecule has 2 aromatic heterocycles. The van der Waals surface area contributed by atoms with Gasteiger partial charge in [0, 0.05) is 33.0 Å². The molecule has 0 unspecified atom stereocenters. The molecule has 54 heavy (non-hydrogen) atoms. The summed E-state index contributed by atoms with van der Waals surface area (Å²) in [4.78, 5) is 2.44. The molecule has 0 amide bonds. The average Bonchev–Trinajstić information content (AvgIpc) is 3.76. The molecule has 0 spiro atoms. The van der Waals surface area contributed by atoms with E-state index >= 15 is 0 Å². The Kier molecular flexibility index (Phi) is 7.48. The van der Waals surface area contributed by atoms with Gasteiger partial charge < -0.3 is 13.9 Å². The standard InChI is InChI=1S/C51H38N2O/c1-33-16-15-19-38(30-33)52(50-34(2)31-37(32-35(50)3)36-17-5-4-6-18-36)47-29-28-42(51-49(47)43-23-10-14-27-48(43)54-51)41-22-9-13-26-46(41)53-44-24-11-7-20-39(44)40-21-8-12-25-45(40)53/h4-32H,1-3H3. The lowest BCUT2D eigenvalue weighted by molar-refractivity contribution is 0.670. The summed E-state index contributed by atoms with van der Waals surface area (Å²) in [5.74, 6) is 0. The van der Waals surface area contributed by atoms with Crippen molar-refractivity contribution in [2.75, 3.05) is 4.90 Å². The Bertz CT molecular complexity index is 2960. The second-order valence-corrected chi connectivity index (χ2v) is 14.3. The van der Waals surface area contributed by atoms with Gasteiger partial charge in [0.05, 0.1) is 33.5 Å². The second-order valence-electron chi connectivity index (χ2n) is 14.3. The van der Waals surface area contributed by atoms with Gasteiger partial charge in [-0.2, -0.15) is 0 Å². The predicted octanol–water partition coefficient (Wildman–Crippen LogP) is 14.4. The van der Waals surface area contributed by atoms with E-state index < -0.39 is 0 Å². The smallest absolute Gasteiger partial charge is 0.145 e. The van der Waals surface area contributed by atoms with Gasteiger partial charge in [-0.1, -0.05) is 115 Å². The lowest BCUT2D eigenvalue weighted by Crippen LogP contribution is -2.14. The van der Waals surface area contributed by atoms with Crippen molar-refractivity contribution in [3.05, 3.63) is 193 Å². The Morgan fingerprint density at radius 2 is 1.11 bits per heavy atom. The highest BCUT2D eigenvalue weighted by molar-refractivity contribution is 6.18. The van der Waals surface area contributed by atoms with Crippen molar-refractivity contribution >= 4 is 60.8 Å². The molecule has 10 rings (SSSR count). The highest BCUT2D eigenvalue weighted by Gasteiger charge is 2.26. The molecule has 0 aliphatic carbocycles. The number of anilines is 3. The first-order chi connectivity index (χ1) is 26.5. The molecule has 258 valence electrons. The maximum atomic E-state index is 6.97. The van der Waals surface area contributed by atoms with E-state index in [0.29, 0.717) is 0 Å². The van der Waals surface area contributed by atoms with Gasteiger partial charge in [0.1, 0.15) is 11.2 Å². The second kappa shape index (κ2) is 12.7. The quantitative estimate of drug-likeness (QED) is 0.173. The Labute approximate surface area is 315 Å². The van der Waals surface area contributed by atoms with Crippen molar-refractivity contribution in [3.8, 4) is 27.9 Å². The molecule has 2 heterocycles. The van der Waals surface area contributed by atoms with Crippen LogP contribution in [-0.4, -0.2) is 4.57 Å². The maximum absolute atomic E-state index is 6.97. The number of benzene rings is 8. The molecular weight excluding hydrogens is 657 g/mol. The SMILES string of the molecule is Cc1cccc(N(c2c(C)cc(-c3ccccc3)cc2C)c2ccc(-c3ccccc3-n3c4ccccc4c4ccccc43)c3oc4ccccc4c23)c1. The molecule has 10 aromatic rings. The number of rotatable bonds is 6. The molecule has 3 nitrogen and oxygen atoms in total. The van der Waals surface area contributed by atoms with Gasteiger partial charge in [0.15, 0.2) is 0 Å². The van der Waals surface area contributed by atoms with Crippen molar-refractivity contribution in [3.63, 3.8) is 0 Å². The summed E-state index contributed by atoms with van der Waals surface area (Å²) >= 11 is 0. The van der Waals surface area contributed by atoms with E-state index in [4.69, 9.17) is 4.42 Å². The van der Waals surface area contributed by atoms with Crippen molar-refractivity contribution in [2.24, 2.45) is 0 Å². The van der Waals surface area contributed by atoms with Crippen molar-refractivity contribution in [2.45, 2.75) is 20.8 Å². The van der Waals surface area contributed by atoms with Crippen molar-refractivity contribution < 1.29 is 4.42 Å². The van der Waals surface area contributed by atoms with Gasteiger partial charge >= 0.3 is 0 Å². The summed E-state index contributed by atoms with van der Waals surface area (Å²) in [5, 5.41) is 4.66. The van der Waals surface area contributed by atoms with Crippen LogP contribution in [0.1, 0.15) is 16.7 Å². The first-order valence-corrected chi connectivity index (χ1v) is 18.6.